The van der Waals surface area contributed by atoms with E-state index in [9.17, 15) is 4.39 Å². The van der Waals surface area contributed by atoms with Crippen LogP contribution in [0.4, 0.5) is 10.2 Å². The molecule has 0 unspecified atom stereocenters. The van der Waals surface area contributed by atoms with Gasteiger partial charge in [-0.1, -0.05) is 5.16 Å². The van der Waals surface area contributed by atoms with Crippen LogP contribution in [0.25, 0.3) is 11.0 Å². The molecule has 7 heteroatoms. The van der Waals surface area contributed by atoms with Crippen molar-refractivity contribution in [3.63, 3.8) is 0 Å². The maximum Gasteiger partial charge on any atom is 0.180 e. The molecule has 0 bridgehead atoms. The van der Waals surface area contributed by atoms with E-state index in [0.717, 1.165) is 43.3 Å². The van der Waals surface area contributed by atoms with Crippen molar-refractivity contribution in [2.45, 2.75) is 38.1 Å². The Bertz CT molecular complexity index is 709. The number of piperazine rings is 1. The summed E-state index contributed by atoms with van der Waals surface area (Å²) < 4.78 is 18.6. The van der Waals surface area contributed by atoms with Crippen molar-refractivity contribution in [1.82, 2.24) is 10.1 Å². The Morgan fingerprint density at radius 2 is 1.85 bits per heavy atom. The standard InChI is InChI=1S/C19H27FN4O.ClH/c20-15-3-6-17-18(13-15)25-22-19(17)24-11-9-23(10-12-24)8-7-14-1-4-16(21)5-2-14;/h3,6,13-14,16H,1-2,4-5,7-12,21H2;1H. The fourth-order valence-electron chi connectivity index (χ4n) is 4.15. The van der Waals surface area contributed by atoms with Crippen LogP contribution in [0.1, 0.15) is 32.1 Å². The molecule has 2 fully saturated rings. The lowest BCUT2D eigenvalue weighted by Gasteiger charge is -2.36. The first-order chi connectivity index (χ1) is 12.2. The van der Waals surface area contributed by atoms with Gasteiger partial charge in [0.15, 0.2) is 11.4 Å². The van der Waals surface area contributed by atoms with E-state index in [-0.39, 0.29) is 18.2 Å². The monoisotopic (exact) mass is 382 g/mol. The number of anilines is 1. The van der Waals surface area contributed by atoms with Gasteiger partial charge in [-0.05, 0) is 56.7 Å². The lowest BCUT2D eigenvalue weighted by molar-refractivity contribution is 0.216. The predicted octanol–water partition coefficient (Wildman–Crippen LogP) is 3.42. The molecule has 0 spiro atoms. The maximum absolute atomic E-state index is 13.3. The number of fused-ring (bicyclic) bond motifs is 1. The summed E-state index contributed by atoms with van der Waals surface area (Å²) in [5.74, 6) is 1.41. The van der Waals surface area contributed by atoms with Gasteiger partial charge in [-0.2, -0.15) is 0 Å². The second kappa shape index (κ2) is 8.55. The topological polar surface area (TPSA) is 58.5 Å². The molecule has 0 amide bonds. The van der Waals surface area contributed by atoms with Crippen LogP contribution in [-0.4, -0.2) is 48.8 Å². The van der Waals surface area contributed by atoms with Crippen LogP contribution in [0.5, 0.6) is 0 Å². The summed E-state index contributed by atoms with van der Waals surface area (Å²) in [6, 6.07) is 5.06. The molecule has 144 valence electrons. The first kappa shape index (κ1) is 19.4. The molecule has 1 saturated heterocycles. The van der Waals surface area contributed by atoms with Gasteiger partial charge in [0.25, 0.3) is 0 Å². The van der Waals surface area contributed by atoms with Crippen molar-refractivity contribution in [3.05, 3.63) is 24.0 Å². The highest BCUT2D eigenvalue weighted by Gasteiger charge is 2.23. The zero-order valence-electron chi connectivity index (χ0n) is 15.1. The van der Waals surface area contributed by atoms with Gasteiger partial charge >= 0.3 is 0 Å². The van der Waals surface area contributed by atoms with Crippen molar-refractivity contribution in [3.8, 4) is 0 Å². The van der Waals surface area contributed by atoms with Gasteiger partial charge in [-0.3, -0.25) is 4.90 Å². The van der Waals surface area contributed by atoms with Crippen molar-refractivity contribution in [1.29, 1.82) is 0 Å². The zero-order chi connectivity index (χ0) is 17.2. The van der Waals surface area contributed by atoms with Crippen LogP contribution < -0.4 is 10.6 Å². The quantitative estimate of drug-likeness (QED) is 0.878. The molecule has 1 aliphatic heterocycles. The van der Waals surface area contributed by atoms with Crippen LogP contribution in [0.3, 0.4) is 0 Å². The van der Waals surface area contributed by atoms with Crippen molar-refractivity contribution < 1.29 is 8.91 Å². The van der Waals surface area contributed by atoms with Crippen LogP contribution in [-0.2, 0) is 0 Å². The second-order valence-corrected chi connectivity index (χ2v) is 7.54. The first-order valence-corrected chi connectivity index (χ1v) is 9.47. The molecular formula is C19H28ClFN4O. The summed E-state index contributed by atoms with van der Waals surface area (Å²) >= 11 is 0. The summed E-state index contributed by atoms with van der Waals surface area (Å²) in [7, 11) is 0. The van der Waals surface area contributed by atoms with Gasteiger partial charge in [-0.25, -0.2) is 4.39 Å². The Balaban J connectivity index is 0.00000196. The maximum atomic E-state index is 13.3. The molecule has 2 N–H and O–H groups in total. The lowest BCUT2D eigenvalue weighted by atomic mass is 9.84. The normalized spacial score (nSPS) is 24.6. The minimum absolute atomic E-state index is 0. The highest BCUT2D eigenvalue weighted by atomic mass is 35.5. The molecule has 5 nitrogen and oxygen atoms in total. The number of benzene rings is 1. The molecule has 26 heavy (non-hydrogen) atoms. The summed E-state index contributed by atoms with van der Waals surface area (Å²) in [6.07, 6.45) is 6.26. The van der Waals surface area contributed by atoms with Crippen LogP contribution in [0, 0.1) is 11.7 Å². The van der Waals surface area contributed by atoms with E-state index in [1.807, 2.05) is 0 Å². The second-order valence-electron chi connectivity index (χ2n) is 7.54. The molecule has 0 radical (unpaired) electrons. The Labute approximate surface area is 160 Å². The van der Waals surface area contributed by atoms with E-state index >= 15 is 0 Å². The number of rotatable bonds is 4. The van der Waals surface area contributed by atoms with Gasteiger partial charge in [0.2, 0.25) is 0 Å². The van der Waals surface area contributed by atoms with Crippen LogP contribution in [0.2, 0.25) is 0 Å². The number of aromatic nitrogens is 1. The van der Waals surface area contributed by atoms with Gasteiger partial charge in [0.05, 0.1) is 5.39 Å². The number of nitrogens with zero attached hydrogens (tertiary/aromatic N) is 3. The molecule has 1 aliphatic carbocycles. The minimum atomic E-state index is -0.288. The molecule has 1 aromatic heterocycles. The fourth-order valence-corrected chi connectivity index (χ4v) is 4.15. The Morgan fingerprint density at radius 1 is 1.12 bits per heavy atom. The third-order valence-electron chi connectivity index (χ3n) is 5.83. The van der Waals surface area contributed by atoms with Gasteiger partial charge in [-0.15, -0.1) is 12.4 Å². The lowest BCUT2D eigenvalue weighted by Crippen LogP contribution is -2.47. The van der Waals surface area contributed by atoms with Crippen molar-refractivity contribution >= 4 is 29.2 Å². The molecule has 1 saturated carbocycles. The van der Waals surface area contributed by atoms with Crippen molar-refractivity contribution in [2.75, 3.05) is 37.6 Å². The van der Waals surface area contributed by atoms with Crippen LogP contribution in [0.15, 0.2) is 22.7 Å². The number of nitrogens with two attached hydrogens (primary N) is 1. The zero-order valence-corrected chi connectivity index (χ0v) is 15.9. The number of hydrogen-bond acceptors (Lipinski definition) is 5. The summed E-state index contributed by atoms with van der Waals surface area (Å²) in [4.78, 5) is 4.80. The molecule has 4 rings (SSSR count). The largest absolute Gasteiger partial charge is 0.354 e. The molecular weight excluding hydrogens is 355 g/mol. The van der Waals surface area contributed by atoms with Crippen LogP contribution >= 0.6 is 12.4 Å². The third kappa shape index (κ3) is 4.30. The van der Waals surface area contributed by atoms with E-state index < -0.39 is 0 Å². The predicted molar refractivity (Wildman–Crippen MR) is 104 cm³/mol. The molecule has 2 aliphatic rings. The average Bonchev–Trinajstić information content (AvgIpc) is 3.04. The van der Waals surface area contributed by atoms with E-state index in [1.54, 1.807) is 6.07 Å². The Kier molecular flexibility index (Phi) is 6.37. The van der Waals surface area contributed by atoms with E-state index in [0.29, 0.717) is 11.6 Å². The number of hydrogen-bond donors (Lipinski definition) is 1. The smallest absolute Gasteiger partial charge is 0.180 e. The van der Waals surface area contributed by atoms with Gasteiger partial charge in [0.1, 0.15) is 5.82 Å². The Morgan fingerprint density at radius 3 is 2.58 bits per heavy atom. The summed E-state index contributed by atoms with van der Waals surface area (Å²) in [5, 5.41) is 5.06. The first-order valence-electron chi connectivity index (χ1n) is 9.47. The number of halogens is 2. The Hall–Kier alpha value is -1.37. The molecule has 2 aromatic rings. The van der Waals surface area contributed by atoms with Gasteiger partial charge < -0.3 is 15.2 Å². The molecule has 1 aromatic carbocycles. The highest BCUT2D eigenvalue weighted by molar-refractivity contribution is 5.88. The van der Waals surface area contributed by atoms with E-state index in [4.69, 9.17) is 10.3 Å². The van der Waals surface area contributed by atoms with Gasteiger partial charge in [0, 0.05) is 38.3 Å². The van der Waals surface area contributed by atoms with E-state index in [1.165, 1.54) is 50.8 Å². The minimum Gasteiger partial charge on any atom is -0.354 e. The summed E-state index contributed by atoms with van der Waals surface area (Å²) in [5.41, 5.74) is 6.52. The van der Waals surface area contributed by atoms with Crippen molar-refractivity contribution in [2.24, 2.45) is 11.7 Å². The highest BCUT2D eigenvalue weighted by Crippen LogP contribution is 2.28. The molecule has 0 atom stereocenters. The SMILES string of the molecule is Cl.NC1CCC(CCN2CCN(c3noc4cc(F)ccc34)CC2)CC1. The van der Waals surface area contributed by atoms with E-state index in [2.05, 4.69) is 15.0 Å². The molecule has 2 heterocycles. The third-order valence-corrected chi connectivity index (χ3v) is 5.83. The summed E-state index contributed by atoms with van der Waals surface area (Å²) in [6.45, 7) is 5.14. The fraction of sp³-hybridized carbons (Fsp3) is 0.632. The average molecular weight is 383 g/mol.